The van der Waals surface area contributed by atoms with Gasteiger partial charge in [-0.1, -0.05) is 13.3 Å². The summed E-state index contributed by atoms with van der Waals surface area (Å²) in [7, 11) is 2.17. The van der Waals surface area contributed by atoms with E-state index < -0.39 is 0 Å². The van der Waals surface area contributed by atoms with Gasteiger partial charge in [-0.25, -0.2) is 0 Å². The van der Waals surface area contributed by atoms with E-state index in [-0.39, 0.29) is 0 Å². The molecule has 0 saturated carbocycles. The first-order valence-electron chi connectivity index (χ1n) is 7.69. The molecule has 20 heavy (non-hydrogen) atoms. The van der Waals surface area contributed by atoms with Gasteiger partial charge in [0.25, 0.3) is 0 Å². The Morgan fingerprint density at radius 3 is 2.70 bits per heavy atom. The molecule has 0 aromatic carbocycles. The van der Waals surface area contributed by atoms with Gasteiger partial charge in [-0.05, 0) is 37.6 Å². The van der Waals surface area contributed by atoms with E-state index in [2.05, 4.69) is 41.3 Å². The molecule has 1 rings (SSSR count). The number of aromatic nitrogens is 1. The van der Waals surface area contributed by atoms with Crippen LogP contribution in [0.2, 0.25) is 0 Å². The Balaban J connectivity index is 1.91. The molecule has 114 valence electrons. The Morgan fingerprint density at radius 2 is 1.95 bits per heavy atom. The lowest BCUT2D eigenvalue weighted by atomic mass is 10.2. The Morgan fingerprint density at radius 1 is 1.15 bits per heavy atom. The summed E-state index contributed by atoms with van der Waals surface area (Å²) in [5.74, 6) is 0. The number of unbranched alkanes of at least 4 members (excludes halogenated alkanes) is 1. The summed E-state index contributed by atoms with van der Waals surface area (Å²) in [5.41, 5.74) is 1.35. The molecule has 1 heterocycles. The van der Waals surface area contributed by atoms with Crippen LogP contribution in [0.1, 0.15) is 25.3 Å². The van der Waals surface area contributed by atoms with Crippen LogP contribution in [0.5, 0.6) is 0 Å². The normalized spacial score (nSPS) is 11.2. The molecule has 0 atom stereocenters. The standard InChI is InChI=1S/C16H29N3O/c1-3-4-14-20-15-11-18-10-13-19(2)12-7-16-5-8-17-9-6-16/h5-6,8-9,18H,3-4,7,10-15H2,1-2H3. The van der Waals surface area contributed by atoms with E-state index in [4.69, 9.17) is 4.74 Å². The van der Waals surface area contributed by atoms with Gasteiger partial charge in [-0.2, -0.15) is 0 Å². The first kappa shape index (κ1) is 17.1. The maximum atomic E-state index is 5.50. The lowest BCUT2D eigenvalue weighted by molar-refractivity contribution is 0.132. The zero-order valence-corrected chi connectivity index (χ0v) is 13.0. The largest absolute Gasteiger partial charge is 0.380 e. The number of hydrogen-bond donors (Lipinski definition) is 1. The maximum Gasteiger partial charge on any atom is 0.0590 e. The third-order valence-corrected chi connectivity index (χ3v) is 3.27. The fraction of sp³-hybridized carbons (Fsp3) is 0.688. The highest BCUT2D eigenvalue weighted by Crippen LogP contribution is 1.98. The second-order valence-corrected chi connectivity index (χ2v) is 5.12. The van der Waals surface area contributed by atoms with E-state index in [0.29, 0.717) is 0 Å². The molecule has 4 nitrogen and oxygen atoms in total. The lowest BCUT2D eigenvalue weighted by Crippen LogP contribution is -2.32. The molecule has 0 aliphatic rings. The van der Waals surface area contributed by atoms with Gasteiger partial charge in [0, 0.05) is 45.2 Å². The van der Waals surface area contributed by atoms with Crippen LogP contribution in [0, 0.1) is 0 Å². The number of nitrogens with one attached hydrogen (secondary N) is 1. The zero-order valence-electron chi connectivity index (χ0n) is 13.0. The molecule has 0 aliphatic heterocycles. The molecule has 1 aromatic heterocycles. The van der Waals surface area contributed by atoms with Gasteiger partial charge >= 0.3 is 0 Å². The summed E-state index contributed by atoms with van der Waals surface area (Å²) in [5, 5.41) is 3.41. The molecular formula is C16H29N3O. The van der Waals surface area contributed by atoms with Crippen molar-refractivity contribution >= 4 is 0 Å². The smallest absolute Gasteiger partial charge is 0.0590 e. The van der Waals surface area contributed by atoms with Crippen LogP contribution in [0.15, 0.2) is 24.5 Å². The average molecular weight is 279 g/mol. The van der Waals surface area contributed by atoms with Crippen LogP contribution in [0.25, 0.3) is 0 Å². The minimum Gasteiger partial charge on any atom is -0.380 e. The summed E-state index contributed by atoms with van der Waals surface area (Å²) in [6.07, 6.45) is 7.16. The van der Waals surface area contributed by atoms with Gasteiger partial charge < -0.3 is 15.0 Å². The van der Waals surface area contributed by atoms with Crippen molar-refractivity contribution in [1.82, 2.24) is 15.2 Å². The Kier molecular flexibility index (Phi) is 10.1. The second-order valence-electron chi connectivity index (χ2n) is 5.12. The third kappa shape index (κ3) is 9.02. The minimum absolute atomic E-state index is 0.820. The van der Waals surface area contributed by atoms with Crippen molar-refractivity contribution in [2.45, 2.75) is 26.2 Å². The second kappa shape index (κ2) is 11.8. The quantitative estimate of drug-likeness (QED) is 0.594. The van der Waals surface area contributed by atoms with Crippen molar-refractivity contribution < 1.29 is 4.74 Å². The highest BCUT2D eigenvalue weighted by atomic mass is 16.5. The fourth-order valence-electron chi connectivity index (χ4n) is 1.87. The van der Waals surface area contributed by atoms with Gasteiger partial charge in [-0.15, -0.1) is 0 Å². The van der Waals surface area contributed by atoms with E-state index in [9.17, 15) is 0 Å². The summed E-state index contributed by atoms with van der Waals surface area (Å²) >= 11 is 0. The van der Waals surface area contributed by atoms with Crippen molar-refractivity contribution in [3.8, 4) is 0 Å². The van der Waals surface area contributed by atoms with Crippen LogP contribution >= 0.6 is 0 Å². The topological polar surface area (TPSA) is 37.4 Å². The molecule has 0 bridgehead atoms. The van der Waals surface area contributed by atoms with Crippen LogP contribution < -0.4 is 5.32 Å². The molecule has 0 aliphatic carbocycles. The fourth-order valence-corrected chi connectivity index (χ4v) is 1.87. The molecule has 0 unspecified atom stereocenters. The molecular weight excluding hydrogens is 250 g/mol. The van der Waals surface area contributed by atoms with Crippen molar-refractivity contribution in [3.05, 3.63) is 30.1 Å². The summed E-state index contributed by atoms with van der Waals surface area (Å²) in [4.78, 5) is 6.39. The predicted molar refractivity (Wildman–Crippen MR) is 84.0 cm³/mol. The van der Waals surface area contributed by atoms with Crippen molar-refractivity contribution in [3.63, 3.8) is 0 Å². The van der Waals surface area contributed by atoms with E-state index in [0.717, 1.165) is 52.2 Å². The highest BCUT2D eigenvalue weighted by molar-refractivity contribution is 5.09. The number of rotatable bonds is 12. The van der Waals surface area contributed by atoms with E-state index in [1.54, 1.807) is 0 Å². The van der Waals surface area contributed by atoms with Crippen LogP contribution in [0.4, 0.5) is 0 Å². The molecule has 0 fully saturated rings. The molecule has 1 aromatic rings. The predicted octanol–water partition coefficient (Wildman–Crippen LogP) is 1.96. The Hall–Kier alpha value is -0.970. The van der Waals surface area contributed by atoms with Crippen LogP contribution in [0.3, 0.4) is 0 Å². The van der Waals surface area contributed by atoms with E-state index in [1.807, 2.05) is 12.4 Å². The number of hydrogen-bond acceptors (Lipinski definition) is 4. The first-order chi connectivity index (χ1) is 9.83. The highest BCUT2D eigenvalue weighted by Gasteiger charge is 1.99. The van der Waals surface area contributed by atoms with Gasteiger partial charge in [0.1, 0.15) is 0 Å². The molecule has 0 spiro atoms. The average Bonchev–Trinajstić information content (AvgIpc) is 2.49. The van der Waals surface area contributed by atoms with E-state index >= 15 is 0 Å². The summed E-state index contributed by atoms with van der Waals surface area (Å²) in [6, 6.07) is 4.17. The molecule has 4 heteroatoms. The van der Waals surface area contributed by atoms with Crippen LogP contribution in [-0.2, 0) is 11.2 Å². The summed E-state index contributed by atoms with van der Waals surface area (Å²) < 4.78 is 5.50. The third-order valence-electron chi connectivity index (χ3n) is 3.27. The zero-order chi connectivity index (χ0) is 14.5. The van der Waals surface area contributed by atoms with Crippen LogP contribution in [-0.4, -0.2) is 56.3 Å². The van der Waals surface area contributed by atoms with Gasteiger partial charge in [0.05, 0.1) is 6.61 Å². The van der Waals surface area contributed by atoms with E-state index in [1.165, 1.54) is 12.0 Å². The number of ether oxygens (including phenoxy) is 1. The first-order valence-corrected chi connectivity index (χ1v) is 7.69. The Labute approximate surface area is 123 Å². The van der Waals surface area contributed by atoms with Gasteiger partial charge in [-0.3, -0.25) is 4.98 Å². The van der Waals surface area contributed by atoms with Crippen molar-refractivity contribution in [2.75, 3.05) is 46.4 Å². The maximum absolute atomic E-state index is 5.50. The molecule has 0 saturated heterocycles. The minimum atomic E-state index is 0.820. The SMILES string of the molecule is CCCCOCCNCCN(C)CCc1ccncc1. The molecule has 0 radical (unpaired) electrons. The number of nitrogens with zero attached hydrogens (tertiary/aromatic N) is 2. The van der Waals surface area contributed by atoms with Crippen molar-refractivity contribution in [2.24, 2.45) is 0 Å². The Bertz CT molecular complexity index is 319. The van der Waals surface area contributed by atoms with Gasteiger partial charge in [0.15, 0.2) is 0 Å². The molecule has 0 amide bonds. The monoisotopic (exact) mass is 279 g/mol. The summed E-state index contributed by atoms with van der Waals surface area (Å²) in [6.45, 7) is 8.01. The number of likely N-dealkylation sites (N-methyl/N-ethyl adjacent to an activating group) is 1. The lowest BCUT2D eigenvalue weighted by Gasteiger charge is -2.16. The molecule has 1 N–H and O–H groups in total. The van der Waals surface area contributed by atoms with Gasteiger partial charge in [0.2, 0.25) is 0 Å². The number of pyridine rings is 1. The van der Waals surface area contributed by atoms with Crippen molar-refractivity contribution in [1.29, 1.82) is 0 Å².